The van der Waals surface area contributed by atoms with Crippen LogP contribution in [-0.4, -0.2) is 37.2 Å². The van der Waals surface area contributed by atoms with E-state index in [1.54, 1.807) is 0 Å². The predicted molar refractivity (Wildman–Crippen MR) is 219 cm³/mol. The number of hydrogen-bond acceptors (Lipinski definition) is 6. The SMILES string of the molecule is CCCC/C=C\C=C/CCCCCC(=O)OC(COC(=O)CC/C=C\C/C=C\CCCCCCCC)COC(=O)CCCCCC/C=C\CCCC. The van der Waals surface area contributed by atoms with Crippen molar-refractivity contribution in [2.24, 2.45) is 0 Å². The van der Waals surface area contributed by atoms with E-state index in [4.69, 9.17) is 14.2 Å². The Morgan fingerprint density at radius 1 is 0.404 bits per heavy atom. The summed E-state index contributed by atoms with van der Waals surface area (Å²) < 4.78 is 16.5. The van der Waals surface area contributed by atoms with Crippen molar-refractivity contribution >= 4 is 17.9 Å². The number of carbonyl (C=O) groups excluding carboxylic acids is 3. The standard InChI is InChI=1S/C46H78O6/c1-4-7-10-13-16-19-22-23-25-27-30-33-36-39-45(48)51-42-43(41-50-44(47)38-35-32-29-26-21-18-15-12-9-6-3)52-46(49)40-37-34-31-28-24-20-17-14-11-8-5-2/h14-15,17-18,20,23-25,30,33,43H,4-13,16,19,21-22,26-29,31-32,34-42H2,1-3H3/b17-14-,18-15-,24-20-,25-23-,33-30-. The summed E-state index contributed by atoms with van der Waals surface area (Å²) >= 11 is 0. The van der Waals surface area contributed by atoms with Crippen LogP contribution in [0.3, 0.4) is 0 Å². The van der Waals surface area contributed by atoms with E-state index in [0.29, 0.717) is 12.8 Å². The largest absolute Gasteiger partial charge is 0.462 e. The van der Waals surface area contributed by atoms with Gasteiger partial charge in [0, 0.05) is 19.3 Å². The molecule has 52 heavy (non-hydrogen) atoms. The average Bonchev–Trinajstić information content (AvgIpc) is 3.14. The Hall–Kier alpha value is -2.89. The van der Waals surface area contributed by atoms with Gasteiger partial charge in [0.15, 0.2) is 6.10 Å². The first-order valence-corrected chi connectivity index (χ1v) is 21.3. The van der Waals surface area contributed by atoms with Gasteiger partial charge in [-0.15, -0.1) is 0 Å². The maximum Gasteiger partial charge on any atom is 0.306 e. The second-order valence-corrected chi connectivity index (χ2v) is 13.9. The van der Waals surface area contributed by atoms with Gasteiger partial charge in [0.1, 0.15) is 13.2 Å². The van der Waals surface area contributed by atoms with Crippen molar-refractivity contribution in [2.45, 2.75) is 200 Å². The zero-order valence-corrected chi connectivity index (χ0v) is 33.8. The molecule has 0 aliphatic rings. The maximum absolute atomic E-state index is 12.6. The molecule has 0 rings (SSSR count). The van der Waals surface area contributed by atoms with E-state index < -0.39 is 6.10 Å². The zero-order valence-electron chi connectivity index (χ0n) is 33.8. The normalized spacial score (nSPS) is 12.6. The molecule has 0 saturated heterocycles. The first kappa shape index (κ1) is 49.1. The third kappa shape index (κ3) is 38.3. The van der Waals surface area contributed by atoms with Crippen LogP contribution in [0.1, 0.15) is 194 Å². The van der Waals surface area contributed by atoms with Gasteiger partial charge in [0.2, 0.25) is 0 Å². The molecule has 1 unspecified atom stereocenters. The molecule has 0 aromatic carbocycles. The minimum atomic E-state index is -0.811. The van der Waals surface area contributed by atoms with E-state index in [9.17, 15) is 14.4 Å². The summed E-state index contributed by atoms with van der Waals surface area (Å²) in [4.78, 5) is 37.5. The van der Waals surface area contributed by atoms with Crippen molar-refractivity contribution in [1.29, 1.82) is 0 Å². The van der Waals surface area contributed by atoms with Gasteiger partial charge in [-0.05, 0) is 77.0 Å². The van der Waals surface area contributed by atoms with Crippen molar-refractivity contribution < 1.29 is 28.6 Å². The van der Waals surface area contributed by atoms with Gasteiger partial charge in [-0.25, -0.2) is 0 Å². The van der Waals surface area contributed by atoms with Crippen LogP contribution in [0, 0.1) is 0 Å². The quantitative estimate of drug-likeness (QED) is 0.0208. The van der Waals surface area contributed by atoms with Crippen LogP contribution < -0.4 is 0 Å². The van der Waals surface area contributed by atoms with Gasteiger partial charge in [0.25, 0.3) is 0 Å². The van der Waals surface area contributed by atoms with Crippen molar-refractivity contribution in [3.05, 3.63) is 60.8 Å². The Kier molecular flexibility index (Phi) is 38.6. The van der Waals surface area contributed by atoms with E-state index >= 15 is 0 Å². The number of allylic oxidation sites excluding steroid dienone is 10. The minimum absolute atomic E-state index is 0.109. The van der Waals surface area contributed by atoms with Crippen LogP contribution in [0.25, 0.3) is 0 Å². The molecule has 298 valence electrons. The van der Waals surface area contributed by atoms with E-state index in [1.807, 2.05) is 6.08 Å². The summed E-state index contributed by atoms with van der Waals surface area (Å²) in [7, 11) is 0. The maximum atomic E-state index is 12.6. The smallest absolute Gasteiger partial charge is 0.306 e. The highest BCUT2D eigenvalue weighted by Crippen LogP contribution is 2.11. The Balaban J connectivity index is 4.51. The lowest BCUT2D eigenvalue weighted by Gasteiger charge is -2.18. The molecule has 0 heterocycles. The second-order valence-electron chi connectivity index (χ2n) is 13.9. The molecule has 0 amide bonds. The molecule has 0 radical (unpaired) electrons. The summed E-state index contributed by atoms with van der Waals surface area (Å²) in [5.41, 5.74) is 0. The van der Waals surface area contributed by atoms with Crippen LogP contribution in [0.5, 0.6) is 0 Å². The molecular weight excluding hydrogens is 648 g/mol. The van der Waals surface area contributed by atoms with Crippen molar-refractivity contribution in [3.63, 3.8) is 0 Å². The first-order valence-electron chi connectivity index (χ1n) is 21.3. The van der Waals surface area contributed by atoms with Crippen molar-refractivity contribution in [2.75, 3.05) is 13.2 Å². The van der Waals surface area contributed by atoms with Crippen LogP contribution >= 0.6 is 0 Å². The van der Waals surface area contributed by atoms with Gasteiger partial charge in [-0.3, -0.25) is 14.4 Å². The van der Waals surface area contributed by atoms with E-state index in [1.165, 1.54) is 64.2 Å². The van der Waals surface area contributed by atoms with E-state index in [-0.39, 0.29) is 44.0 Å². The molecule has 0 aliphatic carbocycles. The molecule has 0 aliphatic heterocycles. The highest BCUT2D eigenvalue weighted by atomic mass is 16.6. The first-order chi connectivity index (χ1) is 25.5. The number of hydrogen-bond donors (Lipinski definition) is 0. The zero-order chi connectivity index (χ0) is 38.0. The Bertz CT molecular complexity index is 975. The van der Waals surface area contributed by atoms with Gasteiger partial charge in [0.05, 0.1) is 0 Å². The Morgan fingerprint density at radius 3 is 1.40 bits per heavy atom. The van der Waals surface area contributed by atoms with Gasteiger partial charge in [-0.2, -0.15) is 0 Å². The molecule has 1 atom stereocenters. The van der Waals surface area contributed by atoms with Crippen LogP contribution in [0.4, 0.5) is 0 Å². The molecule has 0 N–H and O–H groups in total. The lowest BCUT2D eigenvalue weighted by molar-refractivity contribution is -0.166. The molecule has 0 bridgehead atoms. The molecule has 6 nitrogen and oxygen atoms in total. The number of carbonyl (C=O) groups is 3. The van der Waals surface area contributed by atoms with Crippen molar-refractivity contribution in [1.82, 2.24) is 0 Å². The minimum Gasteiger partial charge on any atom is -0.462 e. The molecule has 6 heteroatoms. The van der Waals surface area contributed by atoms with E-state index in [2.05, 4.69) is 75.5 Å². The number of esters is 3. The van der Waals surface area contributed by atoms with Crippen molar-refractivity contribution in [3.8, 4) is 0 Å². The monoisotopic (exact) mass is 727 g/mol. The van der Waals surface area contributed by atoms with Crippen LogP contribution in [0.2, 0.25) is 0 Å². The number of unbranched alkanes of at least 4 members (excludes halogenated alkanes) is 17. The predicted octanol–water partition coefficient (Wildman–Crippen LogP) is 13.4. The van der Waals surface area contributed by atoms with E-state index in [0.717, 1.165) is 83.5 Å². The highest BCUT2D eigenvalue weighted by molar-refractivity contribution is 5.71. The Labute approximate surface area is 320 Å². The summed E-state index contributed by atoms with van der Waals surface area (Å²) in [6, 6.07) is 0. The third-order valence-electron chi connectivity index (χ3n) is 8.76. The fraction of sp³-hybridized carbons (Fsp3) is 0.717. The molecule has 0 spiro atoms. The lowest BCUT2D eigenvalue weighted by Crippen LogP contribution is -2.30. The van der Waals surface area contributed by atoms with Crippen LogP contribution in [0.15, 0.2) is 60.8 Å². The molecule has 0 aromatic rings. The summed E-state index contributed by atoms with van der Waals surface area (Å²) in [6.07, 6.45) is 47.9. The molecular formula is C46H78O6. The topological polar surface area (TPSA) is 78.9 Å². The van der Waals surface area contributed by atoms with Gasteiger partial charge >= 0.3 is 17.9 Å². The summed E-state index contributed by atoms with van der Waals surface area (Å²) in [5, 5.41) is 0. The fourth-order valence-corrected chi connectivity index (χ4v) is 5.45. The average molecular weight is 727 g/mol. The lowest BCUT2D eigenvalue weighted by atomic mass is 10.1. The number of rotatable bonds is 37. The third-order valence-corrected chi connectivity index (χ3v) is 8.76. The molecule has 0 fully saturated rings. The fourth-order valence-electron chi connectivity index (χ4n) is 5.45. The number of ether oxygens (including phenoxy) is 3. The summed E-state index contributed by atoms with van der Waals surface area (Å²) in [6.45, 7) is 6.41. The van der Waals surface area contributed by atoms with Crippen LogP contribution in [-0.2, 0) is 28.6 Å². The highest BCUT2D eigenvalue weighted by Gasteiger charge is 2.19. The second kappa shape index (κ2) is 40.9. The molecule has 0 aromatic heterocycles. The van der Waals surface area contributed by atoms with Gasteiger partial charge in [-0.1, -0.05) is 159 Å². The Morgan fingerprint density at radius 2 is 0.808 bits per heavy atom. The molecule has 0 saturated carbocycles. The summed E-state index contributed by atoms with van der Waals surface area (Å²) in [5.74, 6) is -1.03. The van der Waals surface area contributed by atoms with Gasteiger partial charge < -0.3 is 14.2 Å².